The number of benzene rings is 2. The zero-order chi connectivity index (χ0) is 22.5. The van der Waals surface area contributed by atoms with Crippen molar-refractivity contribution in [3.8, 4) is 17.6 Å². The van der Waals surface area contributed by atoms with E-state index in [1.165, 1.54) is 12.1 Å². The number of hydrogen-bond donors (Lipinski definition) is 2. The zero-order valence-electron chi connectivity index (χ0n) is 15.4. The van der Waals surface area contributed by atoms with Gasteiger partial charge in [-0.05, 0) is 42.8 Å². The largest absolute Gasteiger partial charge is 0.500 e. The lowest BCUT2D eigenvalue weighted by atomic mass is 10.1. The van der Waals surface area contributed by atoms with Crippen molar-refractivity contribution < 1.29 is 32.7 Å². The Labute approximate surface area is 168 Å². The maximum atomic E-state index is 12.8. The topological polar surface area (TPSA) is 125 Å². The number of nitrogens with one attached hydrogen (secondary N) is 1. The van der Waals surface area contributed by atoms with E-state index in [0.717, 1.165) is 24.3 Å². The van der Waals surface area contributed by atoms with E-state index < -0.39 is 39.6 Å². The number of rotatable bonds is 6. The maximum Gasteiger partial charge on any atom is 0.416 e. The Morgan fingerprint density at radius 2 is 2.07 bits per heavy atom. The second-order valence-electron chi connectivity index (χ2n) is 5.78. The number of amides is 1. The summed E-state index contributed by atoms with van der Waals surface area (Å²) in [6.07, 6.45) is -3.63. The third-order valence-corrected chi connectivity index (χ3v) is 3.70. The predicted molar refractivity (Wildman–Crippen MR) is 99.6 cm³/mol. The minimum Gasteiger partial charge on any atom is -0.500 e. The number of phenolic OH excluding ortho intramolecular Hbond substituents is 1. The molecule has 0 aromatic heterocycles. The molecule has 0 aliphatic rings. The van der Waals surface area contributed by atoms with Crippen LogP contribution in [0.4, 0.5) is 24.5 Å². The van der Waals surface area contributed by atoms with Gasteiger partial charge >= 0.3 is 11.9 Å². The summed E-state index contributed by atoms with van der Waals surface area (Å²) in [4.78, 5) is 22.5. The van der Waals surface area contributed by atoms with Crippen molar-refractivity contribution in [3.05, 3.63) is 63.2 Å². The summed E-state index contributed by atoms with van der Waals surface area (Å²) >= 11 is 0. The lowest BCUT2D eigenvalue weighted by Crippen LogP contribution is -2.14. The Hall–Kier alpha value is -4.07. The maximum absolute atomic E-state index is 12.8. The molecule has 1 amide bonds. The first kappa shape index (κ1) is 22.2. The van der Waals surface area contributed by atoms with Crippen LogP contribution in [0.15, 0.2) is 42.0 Å². The van der Waals surface area contributed by atoms with Crippen LogP contribution in [0.3, 0.4) is 0 Å². The van der Waals surface area contributed by atoms with Gasteiger partial charge in [0.25, 0.3) is 5.91 Å². The van der Waals surface area contributed by atoms with E-state index in [2.05, 4.69) is 5.32 Å². The first-order valence-electron chi connectivity index (χ1n) is 8.31. The number of nitro groups is 1. The molecule has 0 saturated carbocycles. The van der Waals surface area contributed by atoms with Gasteiger partial charge in [0, 0.05) is 11.8 Å². The number of nitriles is 1. The van der Waals surface area contributed by atoms with Gasteiger partial charge in [0.15, 0.2) is 5.75 Å². The highest BCUT2D eigenvalue weighted by Gasteiger charge is 2.30. The van der Waals surface area contributed by atoms with Gasteiger partial charge in [0.2, 0.25) is 5.75 Å². The molecule has 2 aromatic rings. The highest BCUT2D eigenvalue weighted by Crippen LogP contribution is 2.38. The van der Waals surface area contributed by atoms with Gasteiger partial charge in [-0.1, -0.05) is 6.07 Å². The van der Waals surface area contributed by atoms with Crippen molar-refractivity contribution >= 4 is 23.4 Å². The molecule has 0 saturated heterocycles. The summed E-state index contributed by atoms with van der Waals surface area (Å²) in [5.41, 5.74) is -2.42. The molecule has 0 radical (unpaired) electrons. The highest BCUT2D eigenvalue weighted by atomic mass is 19.4. The molecule has 0 aliphatic heterocycles. The summed E-state index contributed by atoms with van der Waals surface area (Å²) in [5.74, 6) is -1.97. The molecule has 0 spiro atoms. The van der Waals surface area contributed by atoms with Gasteiger partial charge in [-0.25, -0.2) is 0 Å². The molecule has 0 unspecified atom stereocenters. The standard InChI is InChI=1S/C19H14F3N3O5/c1-2-30-16-8-11(7-15(17(16)26)25(28)29)6-12(10-23)18(27)24-14-5-3-4-13(9-14)19(20,21)22/h3-9,26H,2H2,1H3,(H,24,27)/b12-6+. The smallest absolute Gasteiger partial charge is 0.416 e. The Morgan fingerprint density at radius 1 is 1.37 bits per heavy atom. The van der Waals surface area contributed by atoms with Crippen LogP contribution in [-0.4, -0.2) is 22.5 Å². The van der Waals surface area contributed by atoms with Crippen molar-refractivity contribution in [3.63, 3.8) is 0 Å². The van der Waals surface area contributed by atoms with E-state index in [1.54, 1.807) is 13.0 Å². The number of nitrogens with zero attached hydrogens (tertiary/aromatic N) is 2. The van der Waals surface area contributed by atoms with E-state index in [9.17, 15) is 38.4 Å². The van der Waals surface area contributed by atoms with Crippen molar-refractivity contribution in [2.45, 2.75) is 13.1 Å². The Bertz CT molecular complexity index is 1060. The Balaban J connectivity index is 2.39. The molecule has 8 nitrogen and oxygen atoms in total. The number of alkyl halides is 3. The molecule has 2 rings (SSSR count). The number of phenols is 1. The van der Waals surface area contributed by atoms with Crippen molar-refractivity contribution in [1.29, 1.82) is 5.26 Å². The van der Waals surface area contributed by atoms with Crippen LogP contribution in [0.5, 0.6) is 11.5 Å². The van der Waals surface area contributed by atoms with Gasteiger partial charge in [0.05, 0.1) is 17.1 Å². The fraction of sp³-hybridized carbons (Fsp3) is 0.158. The molecular formula is C19H14F3N3O5. The molecule has 2 N–H and O–H groups in total. The van der Waals surface area contributed by atoms with Crippen LogP contribution < -0.4 is 10.1 Å². The second kappa shape index (κ2) is 8.95. The fourth-order valence-electron chi connectivity index (χ4n) is 2.39. The average Bonchev–Trinajstić information content (AvgIpc) is 2.67. The molecule has 2 aromatic carbocycles. The van der Waals surface area contributed by atoms with Crippen molar-refractivity contribution in [2.24, 2.45) is 0 Å². The van der Waals surface area contributed by atoms with Crippen molar-refractivity contribution in [2.75, 3.05) is 11.9 Å². The number of halogens is 3. The summed E-state index contributed by atoms with van der Waals surface area (Å²) in [6, 6.07) is 7.51. The van der Waals surface area contributed by atoms with E-state index >= 15 is 0 Å². The monoisotopic (exact) mass is 421 g/mol. The van der Waals surface area contributed by atoms with E-state index in [0.29, 0.717) is 6.07 Å². The van der Waals surface area contributed by atoms with E-state index in [1.807, 2.05) is 0 Å². The molecule has 30 heavy (non-hydrogen) atoms. The van der Waals surface area contributed by atoms with Crippen LogP contribution in [0.2, 0.25) is 0 Å². The number of carbonyl (C=O) groups excluding carboxylic acids is 1. The number of hydrogen-bond acceptors (Lipinski definition) is 6. The molecule has 0 aliphatic carbocycles. The van der Waals surface area contributed by atoms with Gasteiger partial charge in [-0.2, -0.15) is 18.4 Å². The number of ether oxygens (including phenoxy) is 1. The van der Waals surface area contributed by atoms with Gasteiger partial charge in [-0.15, -0.1) is 0 Å². The van der Waals surface area contributed by atoms with E-state index in [4.69, 9.17) is 4.74 Å². The number of aromatic hydroxyl groups is 1. The number of carbonyl (C=O) groups is 1. The van der Waals surface area contributed by atoms with Crippen molar-refractivity contribution in [1.82, 2.24) is 0 Å². The minimum absolute atomic E-state index is 0.00121. The summed E-state index contributed by atoms with van der Waals surface area (Å²) in [7, 11) is 0. The SMILES string of the molecule is CCOc1cc(/C=C(\C#N)C(=O)Nc2cccc(C(F)(F)F)c2)cc([N+](=O)[O-])c1O. The molecule has 0 atom stereocenters. The first-order valence-corrected chi connectivity index (χ1v) is 8.31. The number of nitro benzene ring substituents is 1. The second-order valence-corrected chi connectivity index (χ2v) is 5.78. The fourth-order valence-corrected chi connectivity index (χ4v) is 2.39. The third kappa shape index (κ3) is 5.26. The van der Waals surface area contributed by atoms with Gasteiger partial charge < -0.3 is 15.2 Å². The highest BCUT2D eigenvalue weighted by molar-refractivity contribution is 6.09. The Morgan fingerprint density at radius 3 is 2.63 bits per heavy atom. The normalized spacial score (nSPS) is 11.5. The van der Waals surface area contributed by atoms with Crippen LogP contribution in [-0.2, 0) is 11.0 Å². The first-order chi connectivity index (χ1) is 14.1. The van der Waals surface area contributed by atoms with Gasteiger partial charge in [-0.3, -0.25) is 14.9 Å². The van der Waals surface area contributed by atoms with Crippen LogP contribution in [0.1, 0.15) is 18.1 Å². The Kier molecular flexibility index (Phi) is 6.63. The molecule has 11 heteroatoms. The summed E-state index contributed by atoms with van der Waals surface area (Å²) in [6.45, 7) is 1.66. The molecule has 0 heterocycles. The lowest BCUT2D eigenvalue weighted by molar-refractivity contribution is -0.386. The lowest BCUT2D eigenvalue weighted by Gasteiger charge is -2.10. The van der Waals surface area contributed by atoms with Crippen LogP contribution in [0.25, 0.3) is 6.08 Å². The predicted octanol–water partition coefficient (Wildman–Crippen LogP) is 4.26. The van der Waals surface area contributed by atoms with E-state index in [-0.39, 0.29) is 23.6 Å². The zero-order valence-corrected chi connectivity index (χ0v) is 15.4. The van der Waals surface area contributed by atoms with Crippen LogP contribution in [0, 0.1) is 21.4 Å². The number of anilines is 1. The quantitative estimate of drug-likeness (QED) is 0.311. The average molecular weight is 421 g/mol. The minimum atomic E-state index is -4.62. The summed E-state index contributed by atoms with van der Waals surface area (Å²) < 4.78 is 43.5. The van der Waals surface area contributed by atoms with Gasteiger partial charge in [0.1, 0.15) is 11.6 Å². The van der Waals surface area contributed by atoms with Crippen LogP contribution >= 0.6 is 0 Å². The molecular weight excluding hydrogens is 407 g/mol. The molecule has 0 bridgehead atoms. The summed E-state index contributed by atoms with van der Waals surface area (Å²) in [5, 5.41) is 32.4. The molecule has 0 fully saturated rings. The third-order valence-electron chi connectivity index (χ3n) is 3.70. The molecule has 156 valence electrons.